The van der Waals surface area contributed by atoms with E-state index in [2.05, 4.69) is 0 Å². The normalized spacial score (nSPS) is 0. The Morgan fingerprint density at radius 3 is 1.00 bits per heavy atom. The summed E-state index contributed by atoms with van der Waals surface area (Å²) in [5, 5.41) is 0. The van der Waals surface area contributed by atoms with Crippen molar-refractivity contribution in [2.24, 2.45) is 0 Å². The number of hydrogen-bond acceptors (Lipinski definition) is 0. The van der Waals surface area contributed by atoms with Crippen molar-refractivity contribution in [3.8, 4) is 0 Å². The van der Waals surface area contributed by atoms with E-state index < -0.39 is 0 Å². The molecule has 0 atom stereocenters. The third-order valence-corrected chi connectivity index (χ3v) is 0. The van der Waals surface area contributed by atoms with Gasteiger partial charge in [-0.05, 0) is 0 Å². The van der Waals surface area contributed by atoms with Crippen molar-refractivity contribution in [3.63, 3.8) is 0 Å². The Morgan fingerprint density at radius 1 is 1.00 bits per heavy atom. The van der Waals surface area contributed by atoms with E-state index in [9.17, 15) is 0 Å². The summed E-state index contributed by atoms with van der Waals surface area (Å²) in [7, 11) is 0. The Morgan fingerprint density at radius 2 is 1.00 bits per heavy atom. The van der Waals surface area contributed by atoms with Crippen LogP contribution in [0, 0.1) is 0 Å². The van der Waals surface area contributed by atoms with Crippen LogP contribution in [0.2, 0.25) is 0 Å². The fourth-order valence-electron chi connectivity index (χ4n) is 0. The molecule has 0 aromatic carbocycles. The van der Waals surface area contributed by atoms with Gasteiger partial charge in [0.25, 0.3) is 0 Å². The van der Waals surface area contributed by atoms with Crippen LogP contribution in [-0.2, 0) is 34.1 Å². The molecule has 0 bridgehead atoms. The van der Waals surface area contributed by atoms with Crippen LogP contribution >= 0.6 is 0 Å². The molecule has 19 valence electrons. The minimum Gasteiger partial charge on any atom is 0 e. The molecule has 0 aliphatic carbocycles. The molecular weight excluding hydrogens is 175 g/mol. The van der Waals surface area contributed by atoms with Crippen molar-refractivity contribution in [1.82, 2.24) is 0 Å². The molecule has 0 aromatic heterocycles. The van der Waals surface area contributed by atoms with Crippen LogP contribution in [0.3, 0.4) is 0 Å². The molecule has 4 heteroatoms. The van der Waals surface area contributed by atoms with Crippen LogP contribution in [0.15, 0.2) is 0 Å². The second kappa shape index (κ2) is 16.6. The van der Waals surface area contributed by atoms with E-state index in [1.54, 1.807) is 0 Å². The molecule has 0 aromatic rings. The van der Waals surface area contributed by atoms with Crippen molar-refractivity contribution in [1.29, 1.82) is 0 Å². The molecule has 0 N–H and O–H groups in total. The first-order valence-corrected chi connectivity index (χ1v) is 0. The molecule has 0 saturated heterocycles. The zero-order valence-electron chi connectivity index (χ0n) is 2.15. The molecule has 0 fully saturated rings. The Bertz CT molecular complexity index is 8.00. The largest absolute Gasteiger partial charge is 0 e. The summed E-state index contributed by atoms with van der Waals surface area (Å²) in [4.78, 5) is 0. The Kier molecular flexibility index (Phi) is 115. The summed E-state index contributed by atoms with van der Waals surface area (Å²) in [6, 6.07) is 0. The van der Waals surface area contributed by atoms with Crippen LogP contribution in [-0.4, -0.2) is 60.8 Å². The summed E-state index contributed by atoms with van der Waals surface area (Å²) in [6.07, 6.45) is 0. The van der Waals surface area contributed by atoms with Gasteiger partial charge >= 0.3 is 0 Å². The maximum Gasteiger partial charge on any atom is 0 e. The first kappa shape index (κ1) is 27.7. The Balaban J connectivity index is 0. The van der Waals surface area contributed by atoms with E-state index in [1.807, 2.05) is 0 Å². The fraction of sp³-hybridized carbons (Fsp3) is 0. The van der Waals surface area contributed by atoms with E-state index in [1.165, 1.54) is 0 Å². The van der Waals surface area contributed by atoms with Crippen molar-refractivity contribution < 1.29 is 34.1 Å². The fourth-order valence-corrected chi connectivity index (χ4v) is 0. The Hall–Kier alpha value is 3.06. The molecule has 0 rings (SSSR count). The first-order valence-electron chi connectivity index (χ1n) is 0. The average Bonchev–Trinajstić information content (AvgIpc) is 0. The van der Waals surface area contributed by atoms with Crippen LogP contribution in [0.5, 0.6) is 0 Å². The third-order valence-electron chi connectivity index (χ3n) is 0. The van der Waals surface area contributed by atoms with Crippen LogP contribution < -0.4 is 0 Å². The average molecular weight is 175 g/mol. The van der Waals surface area contributed by atoms with Gasteiger partial charge in [-0.2, -0.15) is 0 Å². The van der Waals surface area contributed by atoms with E-state index in [-0.39, 0.29) is 94.9 Å². The molecule has 0 amide bonds. The quantitative estimate of drug-likeness (QED) is 0.424. The van der Waals surface area contributed by atoms with Gasteiger partial charge in [0.05, 0.1) is 0 Å². The van der Waals surface area contributed by atoms with E-state index in [0.29, 0.717) is 0 Å². The maximum absolute atomic E-state index is 0. The summed E-state index contributed by atoms with van der Waals surface area (Å²) in [5.41, 5.74) is 0. The van der Waals surface area contributed by atoms with Gasteiger partial charge in [-0.15, -0.1) is 0 Å². The predicted octanol–water partition coefficient (Wildman–Crippen LogP) is -0.767. The van der Waals surface area contributed by atoms with Crippen LogP contribution in [0.25, 0.3) is 0 Å². The first-order chi connectivity index (χ1) is 0. The zero-order valence-corrected chi connectivity index (χ0v) is 8.05. The molecule has 0 spiro atoms. The molecule has 5 radical (unpaired) electrons. The SMILES string of the molecule is [Ca].[Fe].[Mg].[Mn]. The van der Waals surface area contributed by atoms with Crippen LogP contribution in [0.4, 0.5) is 0 Å². The van der Waals surface area contributed by atoms with Gasteiger partial charge < -0.3 is 0 Å². The molecule has 0 aliphatic rings. The predicted molar refractivity (Wildman–Crippen MR) is 11.5 cm³/mol. The molecule has 0 saturated carbocycles. The second-order valence-electron chi connectivity index (χ2n) is 0. The summed E-state index contributed by atoms with van der Waals surface area (Å²) >= 11 is 0. The third kappa shape index (κ3) is 8.91. The van der Waals surface area contributed by atoms with Gasteiger partial charge in [0, 0.05) is 94.9 Å². The van der Waals surface area contributed by atoms with Gasteiger partial charge in [-0.25, -0.2) is 0 Å². The van der Waals surface area contributed by atoms with Gasteiger partial charge in [-0.1, -0.05) is 0 Å². The van der Waals surface area contributed by atoms with Gasteiger partial charge in [0.15, 0.2) is 0 Å². The van der Waals surface area contributed by atoms with Gasteiger partial charge in [0.2, 0.25) is 0 Å². The summed E-state index contributed by atoms with van der Waals surface area (Å²) in [5.74, 6) is 0. The van der Waals surface area contributed by atoms with Crippen molar-refractivity contribution in [3.05, 3.63) is 0 Å². The monoisotopic (exact) mass is 175 g/mol. The van der Waals surface area contributed by atoms with Crippen LogP contribution in [0.1, 0.15) is 0 Å². The maximum atomic E-state index is 0. The summed E-state index contributed by atoms with van der Waals surface area (Å²) < 4.78 is 0. The van der Waals surface area contributed by atoms with E-state index >= 15 is 0 Å². The molecular formula is CaFeMgMn. The smallest absolute Gasteiger partial charge is 0 e. The molecule has 0 unspecified atom stereocenters. The van der Waals surface area contributed by atoms with Crippen molar-refractivity contribution in [2.45, 2.75) is 0 Å². The molecule has 0 nitrogen and oxygen atoms in total. The summed E-state index contributed by atoms with van der Waals surface area (Å²) in [6.45, 7) is 0. The minimum absolute atomic E-state index is 0. The number of hydrogen-bond donors (Lipinski definition) is 0. The number of rotatable bonds is 0. The standard InChI is InChI=1S/Ca.Fe.Mg.Mn. The van der Waals surface area contributed by atoms with E-state index in [4.69, 9.17) is 0 Å². The second-order valence-corrected chi connectivity index (χ2v) is 0. The van der Waals surface area contributed by atoms with Gasteiger partial charge in [-0.3, -0.25) is 0 Å². The Labute approximate surface area is 92.9 Å². The molecule has 4 heavy (non-hydrogen) atoms. The minimum atomic E-state index is 0. The van der Waals surface area contributed by atoms with Crippen molar-refractivity contribution >= 4 is 60.8 Å². The molecule has 0 aliphatic heterocycles. The molecule has 0 heterocycles. The van der Waals surface area contributed by atoms with E-state index in [0.717, 1.165) is 0 Å². The van der Waals surface area contributed by atoms with Crippen molar-refractivity contribution in [2.75, 3.05) is 0 Å². The van der Waals surface area contributed by atoms with Gasteiger partial charge in [0.1, 0.15) is 0 Å². The zero-order chi connectivity index (χ0) is 0. The topological polar surface area (TPSA) is 0 Å².